The van der Waals surface area contributed by atoms with Crippen molar-refractivity contribution in [2.45, 2.75) is 64.2 Å². The van der Waals surface area contributed by atoms with Crippen LogP contribution in [0.3, 0.4) is 0 Å². The highest BCUT2D eigenvalue weighted by atomic mass is 32.2. The molecule has 1 fully saturated rings. The van der Waals surface area contributed by atoms with Gasteiger partial charge in [-0.1, -0.05) is 31.5 Å². The minimum absolute atomic E-state index is 0.641. The van der Waals surface area contributed by atoms with Crippen LogP contribution in [-0.4, -0.2) is 23.6 Å². The molecule has 2 rings (SSSR count). The van der Waals surface area contributed by atoms with Crippen LogP contribution < -0.4 is 5.32 Å². The van der Waals surface area contributed by atoms with Gasteiger partial charge in [-0.05, 0) is 68.5 Å². The molecular weight excluding hydrogens is 262 g/mol. The van der Waals surface area contributed by atoms with Crippen LogP contribution in [0.1, 0.15) is 49.3 Å². The van der Waals surface area contributed by atoms with Crippen LogP contribution >= 0.6 is 11.8 Å². The van der Waals surface area contributed by atoms with Crippen LogP contribution in [0.4, 0.5) is 0 Å². The molecule has 1 aromatic carbocycles. The first-order valence-corrected chi connectivity index (χ1v) is 9.16. The molecule has 112 valence electrons. The molecule has 1 heterocycles. The zero-order valence-corrected chi connectivity index (χ0v) is 14.1. The topological polar surface area (TPSA) is 12.0 Å². The van der Waals surface area contributed by atoms with E-state index >= 15 is 0 Å². The summed E-state index contributed by atoms with van der Waals surface area (Å²) in [4.78, 5) is 0. The molecule has 0 bridgehead atoms. The third-order valence-corrected chi connectivity index (χ3v) is 5.86. The highest BCUT2D eigenvalue weighted by molar-refractivity contribution is 8.00. The van der Waals surface area contributed by atoms with Crippen molar-refractivity contribution in [2.24, 2.45) is 0 Å². The second kappa shape index (κ2) is 8.09. The molecule has 2 unspecified atom stereocenters. The fraction of sp³-hybridized carbons (Fsp3) is 0.667. The standard InChI is InChI=1S/C18H29NS/c1-4-10-19-17(18-7-5-6-11-20-18)13-16-9-8-14(2)15(3)12-16/h8-9,12,17-19H,4-7,10-11,13H2,1-3H3. The Labute approximate surface area is 128 Å². The minimum Gasteiger partial charge on any atom is -0.313 e. The van der Waals surface area contributed by atoms with Crippen LogP contribution in [0.25, 0.3) is 0 Å². The van der Waals surface area contributed by atoms with Gasteiger partial charge in [0, 0.05) is 11.3 Å². The Hall–Kier alpha value is -0.470. The zero-order valence-electron chi connectivity index (χ0n) is 13.2. The molecule has 1 N–H and O–H groups in total. The average Bonchev–Trinajstić information content (AvgIpc) is 2.48. The van der Waals surface area contributed by atoms with E-state index < -0.39 is 0 Å². The smallest absolute Gasteiger partial charge is 0.0226 e. The average molecular weight is 292 g/mol. The zero-order chi connectivity index (χ0) is 14.4. The first-order chi connectivity index (χ1) is 9.70. The molecule has 0 radical (unpaired) electrons. The highest BCUT2D eigenvalue weighted by Gasteiger charge is 2.23. The molecule has 1 aliphatic heterocycles. The van der Waals surface area contributed by atoms with Gasteiger partial charge in [-0.25, -0.2) is 0 Å². The quantitative estimate of drug-likeness (QED) is 0.828. The highest BCUT2D eigenvalue weighted by Crippen LogP contribution is 2.29. The number of benzene rings is 1. The normalized spacial score (nSPS) is 20.9. The fourth-order valence-electron chi connectivity index (χ4n) is 2.93. The van der Waals surface area contributed by atoms with E-state index in [0.717, 1.165) is 11.8 Å². The molecule has 0 aromatic heterocycles. The fourth-order valence-corrected chi connectivity index (χ4v) is 4.36. The van der Waals surface area contributed by atoms with E-state index in [1.807, 2.05) is 0 Å². The van der Waals surface area contributed by atoms with Gasteiger partial charge in [-0.15, -0.1) is 0 Å². The van der Waals surface area contributed by atoms with Gasteiger partial charge in [-0.3, -0.25) is 0 Å². The Balaban J connectivity index is 2.03. The van der Waals surface area contributed by atoms with Crippen molar-refractivity contribution >= 4 is 11.8 Å². The van der Waals surface area contributed by atoms with Crippen molar-refractivity contribution in [3.63, 3.8) is 0 Å². The third-order valence-electron chi connectivity index (χ3n) is 4.35. The van der Waals surface area contributed by atoms with Gasteiger partial charge in [-0.2, -0.15) is 11.8 Å². The molecule has 1 aliphatic rings. The molecule has 2 heteroatoms. The summed E-state index contributed by atoms with van der Waals surface area (Å²) in [6.07, 6.45) is 6.61. The molecule has 0 aliphatic carbocycles. The van der Waals surface area contributed by atoms with E-state index in [-0.39, 0.29) is 0 Å². The van der Waals surface area contributed by atoms with Gasteiger partial charge in [0.25, 0.3) is 0 Å². The lowest BCUT2D eigenvalue weighted by molar-refractivity contribution is 0.461. The van der Waals surface area contributed by atoms with Crippen LogP contribution in [0.2, 0.25) is 0 Å². The molecule has 1 nitrogen and oxygen atoms in total. The van der Waals surface area contributed by atoms with Crippen LogP contribution in [0.15, 0.2) is 18.2 Å². The molecule has 1 aromatic rings. The number of rotatable bonds is 6. The van der Waals surface area contributed by atoms with Gasteiger partial charge in [0.1, 0.15) is 0 Å². The summed E-state index contributed by atoms with van der Waals surface area (Å²) in [5, 5.41) is 4.60. The van der Waals surface area contributed by atoms with Gasteiger partial charge < -0.3 is 5.32 Å². The predicted molar refractivity (Wildman–Crippen MR) is 91.8 cm³/mol. The number of nitrogens with one attached hydrogen (secondary N) is 1. The maximum Gasteiger partial charge on any atom is 0.0226 e. The van der Waals surface area contributed by atoms with Crippen molar-refractivity contribution < 1.29 is 0 Å². The summed E-state index contributed by atoms with van der Waals surface area (Å²) in [5.41, 5.74) is 4.32. The Kier molecular flexibility index (Phi) is 6.44. The minimum atomic E-state index is 0.641. The van der Waals surface area contributed by atoms with Crippen molar-refractivity contribution in [3.05, 3.63) is 34.9 Å². The number of hydrogen-bond acceptors (Lipinski definition) is 2. The summed E-state index contributed by atoms with van der Waals surface area (Å²) < 4.78 is 0. The Bertz CT molecular complexity index is 410. The summed E-state index contributed by atoms with van der Waals surface area (Å²) in [7, 11) is 0. The lowest BCUT2D eigenvalue weighted by Gasteiger charge is -2.31. The van der Waals surface area contributed by atoms with Gasteiger partial charge in [0.15, 0.2) is 0 Å². The maximum atomic E-state index is 3.80. The maximum absolute atomic E-state index is 3.80. The lowest BCUT2D eigenvalue weighted by atomic mass is 9.97. The molecule has 0 spiro atoms. The molecule has 20 heavy (non-hydrogen) atoms. The lowest BCUT2D eigenvalue weighted by Crippen LogP contribution is -2.41. The Morgan fingerprint density at radius 3 is 2.75 bits per heavy atom. The van der Waals surface area contributed by atoms with Crippen LogP contribution in [-0.2, 0) is 6.42 Å². The number of hydrogen-bond donors (Lipinski definition) is 1. The Morgan fingerprint density at radius 2 is 2.10 bits per heavy atom. The van der Waals surface area contributed by atoms with Crippen molar-refractivity contribution in [1.29, 1.82) is 0 Å². The number of aryl methyl sites for hydroxylation is 2. The molecule has 0 saturated carbocycles. The Morgan fingerprint density at radius 1 is 1.25 bits per heavy atom. The molecule has 2 atom stereocenters. The van der Waals surface area contributed by atoms with Crippen LogP contribution in [0.5, 0.6) is 0 Å². The second-order valence-corrected chi connectivity index (χ2v) is 7.44. The van der Waals surface area contributed by atoms with Crippen molar-refractivity contribution in [1.82, 2.24) is 5.32 Å². The summed E-state index contributed by atoms with van der Waals surface area (Å²) >= 11 is 2.19. The second-order valence-electron chi connectivity index (χ2n) is 6.09. The van der Waals surface area contributed by atoms with Gasteiger partial charge in [0.05, 0.1) is 0 Å². The van der Waals surface area contributed by atoms with Gasteiger partial charge >= 0.3 is 0 Å². The van der Waals surface area contributed by atoms with E-state index in [9.17, 15) is 0 Å². The molecular formula is C18H29NS. The first-order valence-electron chi connectivity index (χ1n) is 8.12. The summed E-state index contributed by atoms with van der Waals surface area (Å²) in [6.45, 7) is 7.83. The van der Waals surface area contributed by atoms with E-state index in [4.69, 9.17) is 0 Å². The largest absolute Gasteiger partial charge is 0.313 e. The van der Waals surface area contributed by atoms with E-state index in [0.29, 0.717) is 6.04 Å². The van der Waals surface area contributed by atoms with Crippen LogP contribution in [0, 0.1) is 13.8 Å². The molecule has 1 saturated heterocycles. The first kappa shape index (κ1) is 15.9. The predicted octanol–water partition coefficient (Wildman–Crippen LogP) is 4.50. The SMILES string of the molecule is CCCNC(Cc1ccc(C)c(C)c1)C1CCCCS1. The van der Waals surface area contributed by atoms with Crippen molar-refractivity contribution in [3.8, 4) is 0 Å². The van der Waals surface area contributed by atoms with E-state index in [1.54, 1.807) is 0 Å². The molecule has 0 amide bonds. The third kappa shape index (κ3) is 4.53. The van der Waals surface area contributed by atoms with E-state index in [2.05, 4.69) is 56.0 Å². The monoisotopic (exact) mass is 291 g/mol. The van der Waals surface area contributed by atoms with E-state index in [1.165, 1.54) is 54.5 Å². The van der Waals surface area contributed by atoms with Gasteiger partial charge in [0.2, 0.25) is 0 Å². The summed E-state index contributed by atoms with van der Waals surface area (Å²) in [6, 6.07) is 7.61. The summed E-state index contributed by atoms with van der Waals surface area (Å²) in [5.74, 6) is 1.35. The number of thioether (sulfide) groups is 1. The van der Waals surface area contributed by atoms with Crippen molar-refractivity contribution in [2.75, 3.05) is 12.3 Å².